The monoisotopic (exact) mass is 682 g/mol. The lowest BCUT2D eigenvalue weighted by molar-refractivity contribution is -0.142. The van der Waals surface area contributed by atoms with Crippen LogP contribution in [0.15, 0.2) is 146 Å². The van der Waals surface area contributed by atoms with Gasteiger partial charge in [-0.3, -0.25) is 9.59 Å². The molecule has 0 N–H and O–H groups in total. The fourth-order valence-corrected chi connectivity index (χ4v) is 7.06. The van der Waals surface area contributed by atoms with E-state index in [1.807, 2.05) is 24.3 Å². The van der Waals surface area contributed by atoms with Crippen molar-refractivity contribution >= 4 is 22.9 Å². The van der Waals surface area contributed by atoms with Crippen molar-refractivity contribution in [1.29, 1.82) is 0 Å². The van der Waals surface area contributed by atoms with Crippen LogP contribution in [0.2, 0.25) is 0 Å². The van der Waals surface area contributed by atoms with Crippen LogP contribution in [0.5, 0.6) is 0 Å². The Morgan fingerprint density at radius 1 is 0.346 bits per heavy atom. The minimum Gasteiger partial charge on any atom is -0.363 e. The molecule has 1 aliphatic rings. The average Bonchev–Trinajstić information content (AvgIpc) is 3.15. The minimum atomic E-state index is -0.721. The molecule has 7 rings (SSSR count). The van der Waals surface area contributed by atoms with Gasteiger partial charge in [0.1, 0.15) is 11.8 Å². The highest BCUT2D eigenvalue weighted by Crippen LogP contribution is 2.42. The van der Waals surface area contributed by atoms with E-state index < -0.39 is 11.8 Å². The molecule has 0 radical (unpaired) electrons. The van der Waals surface area contributed by atoms with Crippen molar-refractivity contribution in [2.75, 3.05) is 9.80 Å². The Balaban J connectivity index is 1.06. The molecule has 0 saturated heterocycles. The maximum Gasteiger partial charge on any atom is 0.162 e. The molecule has 0 heterocycles. The fraction of sp³-hybridized carbons (Fsp3) is 0.208. The summed E-state index contributed by atoms with van der Waals surface area (Å²) >= 11 is 0. The number of aryl methyl sites for hydroxylation is 4. The van der Waals surface area contributed by atoms with Crippen LogP contribution in [0.1, 0.15) is 67.5 Å². The van der Waals surface area contributed by atoms with Gasteiger partial charge in [0.05, 0.1) is 0 Å². The molecule has 52 heavy (non-hydrogen) atoms. The predicted octanol–water partition coefficient (Wildman–Crippen LogP) is 10.4. The molecular formula is C48H46N2O2. The molecule has 4 heteroatoms. The first-order chi connectivity index (χ1) is 25.2. The minimum absolute atomic E-state index is 0.0298. The average molecular weight is 683 g/mol. The van der Waals surface area contributed by atoms with Crippen molar-refractivity contribution in [3.63, 3.8) is 0 Å². The van der Waals surface area contributed by atoms with Crippen LogP contribution >= 0.6 is 0 Å². The van der Waals surface area contributed by atoms with E-state index in [9.17, 15) is 9.59 Å². The third-order valence-corrected chi connectivity index (χ3v) is 10.3. The molecule has 0 atom stereocenters. The number of carbonyl (C=O) groups excluding carboxylic acids is 2. The maximum absolute atomic E-state index is 13.6. The number of anilines is 2. The molecule has 0 unspecified atom stereocenters. The topological polar surface area (TPSA) is 40.6 Å². The summed E-state index contributed by atoms with van der Waals surface area (Å²) < 4.78 is 0. The fourth-order valence-electron chi connectivity index (χ4n) is 7.06. The van der Waals surface area contributed by atoms with Crippen molar-refractivity contribution in [3.8, 4) is 0 Å². The zero-order chi connectivity index (χ0) is 36.2. The number of nitrogens with zero attached hydrogens (tertiary/aromatic N) is 2. The molecule has 0 amide bonds. The highest BCUT2D eigenvalue weighted by molar-refractivity contribution is 6.31. The summed E-state index contributed by atoms with van der Waals surface area (Å²) in [7, 11) is 0. The van der Waals surface area contributed by atoms with E-state index in [1.165, 1.54) is 44.5 Å². The molecular weight excluding hydrogens is 637 g/mol. The smallest absolute Gasteiger partial charge is 0.162 e. The number of carbonyl (C=O) groups is 2. The highest BCUT2D eigenvalue weighted by atomic mass is 16.2. The summed E-state index contributed by atoms with van der Waals surface area (Å²) in [5.74, 6) is -1.50. The first-order valence-electron chi connectivity index (χ1n) is 18.2. The summed E-state index contributed by atoms with van der Waals surface area (Å²) in [6.07, 6.45) is 0. The van der Waals surface area contributed by atoms with Crippen LogP contribution in [0.25, 0.3) is 0 Å². The Hall–Kier alpha value is -5.74. The molecule has 0 bridgehead atoms. The van der Waals surface area contributed by atoms with Gasteiger partial charge in [-0.25, -0.2) is 0 Å². The molecule has 0 aromatic heterocycles. The van der Waals surface area contributed by atoms with E-state index in [1.54, 1.807) is 0 Å². The Morgan fingerprint density at radius 3 is 0.808 bits per heavy atom. The molecule has 6 aromatic carbocycles. The summed E-state index contributed by atoms with van der Waals surface area (Å²) in [5, 5.41) is 0. The molecule has 1 fully saturated rings. The van der Waals surface area contributed by atoms with Gasteiger partial charge < -0.3 is 9.80 Å². The lowest BCUT2D eigenvalue weighted by Gasteiger charge is -2.33. The lowest BCUT2D eigenvalue weighted by atomic mass is 9.66. The predicted molar refractivity (Wildman–Crippen MR) is 213 cm³/mol. The van der Waals surface area contributed by atoms with Crippen LogP contribution < -0.4 is 9.80 Å². The molecule has 6 aromatic rings. The third kappa shape index (κ3) is 7.92. The second-order valence-electron chi connectivity index (χ2n) is 14.5. The van der Waals surface area contributed by atoms with E-state index in [0.717, 1.165) is 48.7 Å². The number of hydrogen-bond donors (Lipinski definition) is 0. The van der Waals surface area contributed by atoms with Gasteiger partial charge in [-0.1, -0.05) is 144 Å². The summed E-state index contributed by atoms with van der Waals surface area (Å²) in [4.78, 5) is 32.0. The van der Waals surface area contributed by atoms with E-state index >= 15 is 0 Å². The van der Waals surface area contributed by atoms with Crippen LogP contribution in [-0.2, 0) is 35.8 Å². The van der Waals surface area contributed by atoms with Crippen molar-refractivity contribution in [3.05, 3.63) is 201 Å². The van der Waals surface area contributed by atoms with Crippen LogP contribution in [0.4, 0.5) is 11.4 Å². The molecule has 260 valence electrons. The van der Waals surface area contributed by atoms with E-state index in [2.05, 4.69) is 159 Å². The molecule has 0 aliphatic heterocycles. The number of rotatable bonds is 12. The third-order valence-electron chi connectivity index (χ3n) is 10.3. The zero-order valence-corrected chi connectivity index (χ0v) is 30.6. The Morgan fingerprint density at radius 2 is 0.577 bits per heavy atom. The number of hydrogen-bond acceptors (Lipinski definition) is 4. The highest BCUT2D eigenvalue weighted by Gasteiger charge is 2.50. The summed E-state index contributed by atoms with van der Waals surface area (Å²) in [6.45, 7) is 11.4. The van der Waals surface area contributed by atoms with Gasteiger partial charge in [0.15, 0.2) is 11.6 Å². The van der Waals surface area contributed by atoms with Crippen molar-refractivity contribution in [2.24, 2.45) is 0 Å². The molecule has 1 aliphatic carbocycles. The lowest BCUT2D eigenvalue weighted by Crippen LogP contribution is -2.44. The van der Waals surface area contributed by atoms with E-state index in [4.69, 9.17) is 0 Å². The van der Waals surface area contributed by atoms with Crippen molar-refractivity contribution in [2.45, 2.75) is 65.7 Å². The van der Waals surface area contributed by atoms with Crippen molar-refractivity contribution in [1.82, 2.24) is 0 Å². The molecule has 1 saturated carbocycles. The van der Waals surface area contributed by atoms with E-state index in [0.29, 0.717) is 0 Å². The standard InChI is InChI=1S/C48H46N2O2/c1-33-5-13-37(14-6-33)29-49(30-38-15-7-34(2)8-16-38)43-25-21-41(22-26-43)45-47(51)46(48(45)52)42-23-27-44(28-24-42)50(31-39-17-9-35(3)10-18-39)32-40-19-11-36(4)12-20-40/h5-28,45-46H,29-32H2,1-4H3. The summed E-state index contributed by atoms with van der Waals surface area (Å²) in [5.41, 5.74) is 13.5. The zero-order valence-electron chi connectivity index (χ0n) is 30.6. The summed E-state index contributed by atoms with van der Waals surface area (Å²) in [6, 6.07) is 50.6. The number of ketones is 2. The van der Waals surface area contributed by atoms with Gasteiger partial charge >= 0.3 is 0 Å². The number of Topliss-reactive ketones (excluding diaryl/α,β-unsaturated/α-hetero) is 2. The Labute approximate surface area is 308 Å². The molecule has 4 nitrogen and oxygen atoms in total. The van der Waals surface area contributed by atoms with Gasteiger partial charge in [0, 0.05) is 37.6 Å². The van der Waals surface area contributed by atoms with Gasteiger partial charge in [0.2, 0.25) is 0 Å². The Bertz CT molecular complexity index is 1870. The normalized spacial score (nSPS) is 15.3. The largest absolute Gasteiger partial charge is 0.363 e. The first-order valence-corrected chi connectivity index (χ1v) is 18.2. The quantitative estimate of drug-likeness (QED) is 0.121. The van der Waals surface area contributed by atoms with Crippen LogP contribution in [-0.4, -0.2) is 11.6 Å². The second-order valence-corrected chi connectivity index (χ2v) is 14.5. The molecule has 0 spiro atoms. The number of benzene rings is 6. The van der Waals surface area contributed by atoms with Crippen molar-refractivity contribution < 1.29 is 9.59 Å². The first kappa shape index (κ1) is 34.7. The van der Waals surface area contributed by atoms with Gasteiger partial charge in [-0.15, -0.1) is 0 Å². The Kier molecular flexibility index (Phi) is 10.2. The van der Waals surface area contributed by atoms with Gasteiger partial charge in [-0.05, 0) is 85.3 Å². The van der Waals surface area contributed by atoms with E-state index in [-0.39, 0.29) is 11.6 Å². The SMILES string of the molecule is Cc1ccc(CN(Cc2ccc(C)cc2)c2ccc(C3C(=O)C(c4ccc(N(Cc5ccc(C)cc5)Cc5ccc(C)cc5)cc4)C3=O)cc2)cc1. The van der Waals surface area contributed by atoms with Gasteiger partial charge in [0.25, 0.3) is 0 Å². The second kappa shape index (κ2) is 15.2. The van der Waals surface area contributed by atoms with Crippen LogP contribution in [0.3, 0.4) is 0 Å². The maximum atomic E-state index is 13.6. The van der Waals surface area contributed by atoms with Gasteiger partial charge in [-0.2, -0.15) is 0 Å². The van der Waals surface area contributed by atoms with Crippen LogP contribution in [0, 0.1) is 27.7 Å².